The lowest BCUT2D eigenvalue weighted by molar-refractivity contribution is -0.117. The van der Waals surface area contributed by atoms with E-state index in [1.54, 1.807) is 24.0 Å². The number of methoxy groups -OCH3 is 1. The van der Waals surface area contributed by atoms with Gasteiger partial charge in [0.2, 0.25) is 11.8 Å². The number of carbonyl (C=O) groups excluding carboxylic acids is 2. The van der Waals surface area contributed by atoms with Crippen molar-refractivity contribution in [2.24, 2.45) is 0 Å². The first-order chi connectivity index (χ1) is 13.4. The second-order valence-corrected chi connectivity index (χ2v) is 7.26. The number of nitrogens with zero attached hydrogens (tertiary/aromatic N) is 1. The zero-order chi connectivity index (χ0) is 20.3. The maximum absolute atomic E-state index is 12.6. The second-order valence-electron chi connectivity index (χ2n) is 6.85. The Hall–Kier alpha value is -2.73. The van der Waals surface area contributed by atoms with Gasteiger partial charge in [-0.25, -0.2) is 0 Å². The van der Waals surface area contributed by atoms with Crippen LogP contribution in [0.2, 0.25) is 5.02 Å². The minimum absolute atomic E-state index is 0.153. The van der Waals surface area contributed by atoms with Gasteiger partial charge in [-0.15, -0.1) is 0 Å². The van der Waals surface area contributed by atoms with E-state index in [4.69, 9.17) is 16.3 Å². The monoisotopic (exact) mass is 401 g/mol. The van der Waals surface area contributed by atoms with Gasteiger partial charge in [0.25, 0.3) is 0 Å². The summed E-state index contributed by atoms with van der Waals surface area (Å²) in [7, 11) is 1.53. The number of carbonyl (C=O) groups is 2. The fraction of sp³-hybridized carbons (Fsp3) is 0.333. The molecule has 1 aliphatic rings. The van der Waals surface area contributed by atoms with Crippen LogP contribution in [0, 0.1) is 6.92 Å². The zero-order valence-electron chi connectivity index (χ0n) is 16.2. The first-order valence-corrected chi connectivity index (χ1v) is 9.59. The number of benzene rings is 2. The van der Waals surface area contributed by atoms with Crippen LogP contribution < -0.4 is 20.3 Å². The molecule has 0 bridgehead atoms. The number of hydrogen-bond acceptors (Lipinski definition) is 4. The lowest BCUT2D eigenvalue weighted by Gasteiger charge is -2.19. The highest BCUT2D eigenvalue weighted by Gasteiger charge is 2.21. The molecule has 2 aromatic rings. The number of hydrogen-bond donors (Lipinski definition) is 2. The fourth-order valence-corrected chi connectivity index (χ4v) is 3.30. The predicted molar refractivity (Wildman–Crippen MR) is 112 cm³/mol. The second kappa shape index (κ2) is 8.52. The molecule has 3 rings (SSSR count). The number of rotatable bonds is 6. The molecule has 1 fully saturated rings. The van der Waals surface area contributed by atoms with E-state index in [1.807, 2.05) is 31.2 Å². The summed E-state index contributed by atoms with van der Waals surface area (Å²) in [5.41, 5.74) is 3.11. The molecule has 1 atom stereocenters. The van der Waals surface area contributed by atoms with Crippen LogP contribution in [0.25, 0.3) is 0 Å². The molecule has 7 heteroatoms. The van der Waals surface area contributed by atoms with Crippen LogP contribution in [0.15, 0.2) is 36.4 Å². The summed E-state index contributed by atoms with van der Waals surface area (Å²) >= 11 is 6.11. The van der Waals surface area contributed by atoms with Gasteiger partial charge in [-0.05, 0) is 56.2 Å². The minimum atomic E-state index is -0.472. The molecule has 0 saturated carbocycles. The molecule has 2 amide bonds. The van der Waals surface area contributed by atoms with E-state index in [9.17, 15) is 9.59 Å². The predicted octanol–water partition coefficient (Wildman–Crippen LogP) is 4.22. The van der Waals surface area contributed by atoms with Crippen LogP contribution in [0.4, 0.5) is 17.1 Å². The van der Waals surface area contributed by atoms with Crippen LogP contribution in [-0.2, 0) is 9.59 Å². The van der Waals surface area contributed by atoms with Gasteiger partial charge in [-0.3, -0.25) is 9.59 Å². The third-order valence-electron chi connectivity index (χ3n) is 4.77. The van der Waals surface area contributed by atoms with Crippen molar-refractivity contribution in [3.05, 3.63) is 47.0 Å². The lowest BCUT2D eigenvalue weighted by atomic mass is 10.2. The number of ether oxygens (including phenoxy) is 1. The Bertz CT molecular complexity index is 883. The Morgan fingerprint density at radius 1 is 1.25 bits per heavy atom. The highest BCUT2D eigenvalue weighted by atomic mass is 35.5. The molecule has 1 saturated heterocycles. The average Bonchev–Trinajstić information content (AvgIpc) is 3.11. The normalized spacial score (nSPS) is 14.7. The molecule has 0 aliphatic carbocycles. The highest BCUT2D eigenvalue weighted by Crippen LogP contribution is 2.31. The minimum Gasteiger partial charge on any atom is -0.495 e. The van der Waals surface area contributed by atoms with Crippen LogP contribution >= 0.6 is 11.6 Å². The van der Waals surface area contributed by atoms with Gasteiger partial charge in [0, 0.05) is 35.4 Å². The van der Waals surface area contributed by atoms with Gasteiger partial charge >= 0.3 is 0 Å². The van der Waals surface area contributed by atoms with E-state index in [0.29, 0.717) is 22.9 Å². The molecule has 2 aromatic carbocycles. The molecule has 0 unspecified atom stereocenters. The first kappa shape index (κ1) is 20.0. The van der Waals surface area contributed by atoms with Gasteiger partial charge in [-0.2, -0.15) is 0 Å². The zero-order valence-corrected chi connectivity index (χ0v) is 17.0. The Labute approximate surface area is 169 Å². The van der Waals surface area contributed by atoms with Crippen LogP contribution in [0.3, 0.4) is 0 Å². The number of anilines is 3. The summed E-state index contributed by atoms with van der Waals surface area (Å²) in [5, 5.41) is 6.63. The molecule has 0 aromatic heterocycles. The summed E-state index contributed by atoms with van der Waals surface area (Å²) in [6.07, 6.45) is 1.49. The fourth-order valence-electron chi connectivity index (χ4n) is 3.15. The third kappa shape index (κ3) is 4.39. The summed E-state index contributed by atoms with van der Waals surface area (Å²) in [4.78, 5) is 26.2. The average molecular weight is 402 g/mol. The molecule has 0 spiro atoms. The molecule has 6 nitrogen and oxygen atoms in total. The summed E-state index contributed by atoms with van der Waals surface area (Å²) in [5.74, 6) is 0.468. The van der Waals surface area contributed by atoms with Crippen molar-refractivity contribution in [3.63, 3.8) is 0 Å². The summed E-state index contributed by atoms with van der Waals surface area (Å²) in [6, 6.07) is 10.5. The molecule has 1 aliphatic heterocycles. The van der Waals surface area contributed by atoms with Crippen LogP contribution in [-0.4, -0.2) is 31.5 Å². The smallest absolute Gasteiger partial charge is 0.246 e. The Balaban J connectivity index is 1.64. The van der Waals surface area contributed by atoms with Crippen molar-refractivity contribution in [2.75, 3.05) is 29.2 Å². The number of nitrogens with one attached hydrogen (secondary N) is 2. The quantitative estimate of drug-likeness (QED) is 0.760. The summed E-state index contributed by atoms with van der Waals surface area (Å²) < 4.78 is 5.30. The van der Waals surface area contributed by atoms with Crippen molar-refractivity contribution in [1.29, 1.82) is 0 Å². The summed E-state index contributed by atoms with van der Waals surface area (Å²) in [6.45, 7) is 4.40. The van der Waals surface area contributed by atoms with E-state index in [2.05, 4.69) is 10.6 Å². The number of halogens is 1. The number of aryl methyl sites for hydroxylation is 1. The van der Waals surface area contributed by atoms with Crippen molar-refractivity contribution in [3.8, 4) is 5.75 Å². The largest absolute Gasteiger partial charge is 0.495 e. The molecule has 0 radical (unpaired) electrons. The van der Waals surface area contributed by atoms with Crippen molar-refractivity contribution in [1.82, 2.24) is 0 Å². The maximum Gasteiger partial charge on any atom is 0.246 e. The molecule has 2 N–H and O–H groups in total. The van der Waals surface area contributed by atoms with Crippen molar-refractivity contribution < 1.29 is 14.3 Å². The van der Waals surface area contributed by atoms with Gasteiger partial charge in [0.15, 0.2) is 0 Å². The van der Waals surface area contributed by atoms with Crippen LogP contribution in [0.1, 0.15) is 25.3 Å². The third-order valence-corrected chi connectivity index (χ3v) is 5.17. The molecular weight excluding hydrogens is 378 g/mol. The Morgan fingerprint density at radius 2 is 1.96 bits per heavy atom. The van der Waals surface area contributed by atoms with E-state index in [-0.39, 0.29) is 11.8 Å². The maximum atomic E-state index is 12.6. The highest BCUT2D eigenvalue weighted by molar-refractivity contribution is 6.31. The SMILES string of the molecule is COc1cc(Cl)c(C)cc1NC(=O)[C@@H](C)Nc1ccc(N2CCCC2=O)cc1. The van der Waals surface area contributed by atoms with Crippen molar-refractivity contribution in [2.45, 2.75) is 32.7 Å². The Morgan fingerprint density at radius 3 is 2.57 bits per heavy atom. The van der Waals surface area contributed by atoms with E-state index in [1.165, 1.54) is 7.11 Å². The van der Waals surface area contributed by atoms with Gasteiger partial charge in [0.1, 0.15) is 11.8 Å². The van der Waals surface area contributed by atoms with Gasteiger partial charge in [-0.1, -0.05) is 11.6 Å². The van der Waals surface area contributed by atoms with Crippen molar-refractivity contribution >= 4 is 40.5 Å². The van der Waals surface area contributed by atoms with Gasteiger partial charge in [0.05, 0.1) is 12.8 Å². The first-order valence-electron chi connectivity index (χ1n) is 9.21. The van der Waals surface area contributed by atoms with Gasteiger partial charge < -0.3 is 20.3 Å². The molecule has 28 heavy (non-hydrogen) atoms. The molecule has 1 heterocycles. The topological polar surface area (TPSA) is 70.7 Å². The van der Waals surface area contributed by atoms with E-state index < -0.39 is 6.04 Å². The lowest BCUT2D eigenvalue weighted by Crippen LogP contribution is -2.32. The Kier molecular flexibility index (Phi) is 6.09. The molecular formula is C21H24ClN3O3. The van der Waals surface area contributed by atoms with Crippen LogP contribution in [0.5, 0.6) is 5.75 Å². The number of amides is 2. The molecule has 148 valence electrons. The standard InChI is InChI=1S/C21H24ClN3O3/c1-13-11-18(19(28-3)12-17(13)22)24-21(27)14(2)23-15-6-8-16(9-7-15)25-10-4-5-20(25)26/h6-9,11-12,14,23H,4-5,10H2,1-3H3,(H,24,27)/t14-/m1/s1. The van der Waals surface area contributed by atoms with E-state index in [0.717, 1.165) is 29.9 Å². The van der Waals surface area contributed by atoms with E-state index >= 15 is 0 Å².